The molecule has 3 amide bonds. The summed E-state index contributed by atoms with van der Waals surface area (Å²) in [5.74, 6) is 0. The molecule has 3 aromatic carbocycles. The largest absolute Gasteiger partial charge is 0.446 e. The number of hydrogen-bond acceptors (Lipinski definition) is 9. The number of carbonyl (C=O) groups excluding carboxylic acids is 3. The van der Waals surface area contributed by atoms with Gasteiger partial charge in [0.1, 0.15) is 18.8 Å². The molecule has 1 aliphatic heterocycles. The Morgan fingerprint density at radius 1 is 0.700 bits per heavy atom. The van der Waals surface area contributed by atoms with Gasteiger partial charge in [0.25, 0.3) is 0 Å². The zero-order valence-corrected chi connectivity index (χ0v) is 21.5. The smallest absolute Gasteiger partial charge is 0.412 e. The number of anilines is 3. The van der Waals surface area contributed by atoms with Crippen molar-refractivity contribution in [2.24, 2.45) is 0 Å². The first-order valence-electron chi connectivity index (χ1n) is 12.3. The molecule has 1 fully saturated rings. The molecule has 0 aliphatic carbocycles. The van der Waals surface area contributed by atoms with Gasteiger partial charge in [-0.15, -0.1) is 0 Å². The van der Waals surface area contributed by atoms with Gasteiger partial charge in [-0.3, -0.25) is 16.0 Å². The lowest BCUT2D eigenvalue weighted by Crippen LogP contribution is -2.62. The van der Waals surface area contributed by atoms with Crippen LogP contribution in [-0.4, -0.2) is 67.8 Å². The van der Waals surface area contributed by atoms with E-state index in [1.165, 1.54) is 7.11 Å². The molecule has 5 atom stereocenters. The first-order chi connectivity index (χ1) is 19.4. The van der Waals surface area contributed by atoms with Gasteiger partial charge in [0.2, 0.25) is 0 Å². The van der Waals surface area contributed by atoms with Gasteiger partial charge < -0.3 is 28.8 Å². The lowest BCUT2D eigenvalue weighted by molar-refractivity contribution is -0.291. The average molecular weight is 552 g/mol. The minimum atomic E-state index is -1.58. The monoisotopic (exact) mass is 551 g/mol. The molecule has 12 nitrogen and oxygen atoms in total. The van der Waals surface area contributed by atoms with E-state index in [-0.39, 0.29) is 0 Å². The molecule has 0 aromatic heterocycles. The molecule has 1 heterocycles. The van der Waals surface area contributed by atoms with E-state index < -0.39 is 55.6 Å². The van der Waals surface area contributed by atoms with Crippen LogP contribution in [0.4, 0.5) is 31.4 Å². The highest BCUT2D eigenvalue weighted by atomic mass is 16.7. The van der Waals surface area contributed by atoms with Crippen molar-refractivity contribution in [2.75, 3.05) is 29.7 Å². The van der Waals surface area contributed by atoms with E-state index in [0.717, 1.165) is 0 Å². The normalized spacial score (nSPS) is 21.9. The number of methoxy groups -OCH3 is 1. The third-order valence-electron chi connectivity index (χ3n) is 5.78. The fourth-order valence-electron chi connectivity index (χ4n) is 3.90. The SMILES string of the molecule is CO[C@@H]1O[C@H](COC(=O)Nc2ccccc2)[C@@H](O)[C@H](OC(=O)Nc2ccccc2)[C@H]1OC(=O)Nc1ccccc1. The molecule has 12 heteroatoms. The van der Waals surface area contributed by atoms with Gasteiger partial charge in [-0.2, -0.15) is 0 Å². The Balaban J connectivity index is 1.47. The quantitative estimate of drug-likeness (QED) is 0.302. The minimum absolute atomic E-state index is 0.428. The summed E-state index contributed by atoms with van der Waals surface area (Å²) < 4.78 is 27.4. The van der Waals surface area contributed by atoms with Crippen molar-refractivity contribution in [1.29, 1.82) is 0 Å². The number of ether oxygens (including phenoxy) is 5. The van der Waals surface area contributed by atoms with E-state index in [9.17, 15) is 19.5 Å². The van der Waals surface area contributed by atoms with Crippen molar-refractivity contribution in [3.05, 3.63) is 91.0 Å². The highest BCUT2D eigenvalue weighted by Gasteiger charge is 2.50. The first-order valence-corrected chi connectivity index (χ1v) is 12.3. The molecule has 210 valence electrons. The van der Waals surface area contributed by atoms with Crippen molar-refractivity contribution in [2.45, 2.75) is 30.7 Å². The van der Waals surface area contributed by atoms with E-state index in [0.29, 0.717) is 17.1 Å². The standard InChI is InChI=1S/C28H29N3O9/c1-36-25-24(40-28(35)31-20-15-9-4-10-16-20)23(39-27(34)30-19-13-7-3-8-14-19)22(32)21(38-25)17-37-26(33)29-18-11-5-2-6-12-18/h2-16,21-25,32H,17H2,1H3,(H,29,33)(H,30,34)(H,31,35)/t21-,22-,23+,24-,25-/m1/s1. The summed E-state index contributed by atoms with van der Waals surface area (Å²) in [5, 5.41) is 18.8. The maximum Gasteiger partial charge on any atom is 0.412 e. The van der Waals surface area contributed by atoms with Crippen molar-refractivity contribution < 1.29 is 43.2 Å². The summed E-state index contributed by atoms with van der Waals surface area (Å²) in [6.45, 7) is -0.428. The Labute approximate surface area is 230 Å². The second-order valence-electron chi connectivity index (χ2n) is 8.58. The van der Waals surface area contributed by atoms with Crippen LogP contribution < -0.4 is 16.0 Å². The maximum absolute atomic E-state index is 12.7. The first kappa shape index (κ1) is 28.4. The number of para-hydroxylation sites is 3. The lowest BCUT2D eigenvalue weighted by Gasteiger charge is -2.42. The van der Waals surface area contributed by atoms with Gasteiger partial charge in [-0.25, -0.2) is 14.4 Å². The number of aliphatic hydroxyl groups is 1. The summed E-state index contributed by atoms with van der Waals surface area (Å²) in [5.41, 5.74) is 1.40. The van der Waals surface area contributed by atoms with Crippen LogP contribution in [0.2, 0.25) is 0 Å². The summed E-state index contributed by atoms with van der Waals surface area (Å²) in [4.78, 5) is 37.7. The molecule has 1 saturated heterocycles. The molecule has 1 aliphatic rings. The van der Waals surface area contributed by atoms with Crippen LogP contribution >= 0.6 is 0 Å². The van der Waals surface area contributed by atoms with Gasteiger partial charge in [-0.1, -0.05) is 54.6 Å². The third kappa shape index (κ3) is 7.93. The van der Waals surface area contributed by atoms with E-state index >= 15 is 0 Å². The molecule has 40 heavy (non-hydrogen) atoms. The Morgan fingerprint density at radius 3 is 1.57 bits per heavy atom. The topological polar surface area (TPSA) is 154 Å². The zero-order valence-electron chi connectivity index (χ0n) is 21.5. The average Bonchev–Trinajstić information content (AvgIpc) is 2.96. The molecule has 0 saturated carbocycles. The molecule has 4 N–H and O–H groups in total. The number of amides is 3. The van der Waals surface area contributed by atoms with E-state index in [2.05, 4.69) is 16.0 Å². The van der Waals surface area contributed by atoms with Crippen LogP contribution in [-0.2, 0) is 23.7 Å². The summed E-state index contributed by atoms with van der Waals surface area (Å²) >= 11 is 0. The van der Waals surface area contributed by atoms with Crippen molar-refractivity contribution in [3.63, 3.8) is 0 Å². The molecular weight excluding hydrogens is 522 g/mol. The third-order valence-corrected chi connectivity index (χ3v) is 5.78. The van der Waals surface area contributed by atoms with Gasteiger partial charge in [0, 0.05) is 24.2 Å². The van der Waals surface area contributed by atoms with Crippen LogP contribution in [0.15, 0.2) is 91.0 Å². The molecule has 0 spiro atoms. The van der Waals surface area contributed by atoms with Gasteiger partial charge in [0.05, 0.1) is 0 Å². The fraction of sp³-hybridized carbons (Fsp3) is 0.250. The Kier molecular flexibility index (Phi) is 9.88. The van der Waals surface area contributed by atoms with E-state index in [1.807, 2.05) is 0 Å². The van der Waals surface area contributed by atoms with Crippen LogP contribution in [0.1, 0.15) is 0 Å². The Morgan fingerprint density at radius 2 is 1.12 bits per heavy atom. The van der Waals surface area contributed by atoms with E-state index in [1.54, 1.807) is 91.0 Å². The number of carbonyl (C=O) groups is 3. The van der Waals surface area contributed by atoms with E-state index in [4.69, 9.17) is 23.7 Å². The highest BCUT2D eigenvalue weighted by Crippen LogP contribution is 2.28. The van der Waals surface area contributed by atoms with Crippen LogP contribution in [0.25, 0.3) is 0 Å². The molecule has 0 unspecified atom stereocenters. The van der Waals surface area contributed by atoms with Gasteiger partial charge >= 0.3 is 18.3 Å². The number of aliphatic hydroxyl groups excluding tert-OH is 1. The predicted molar refractivity (Wildman–Crippen MR) is 144 cm³/mol. The summed E-state index contributed by atoms with van der Waals surface area (Å²) in [6, 6.07) is 25.6. The number of nitrogens with one attached hydrogen (secondary N) is 3. The van der Waals surface area contributed by atoms with Crippen molar-refractivity contribution >= 4 is 35.3 Å². The predicted octanol–water partition coefficient (Wildman–Crippen LogP) is 4.20. The zero-order chi connectivity index (χ0) is 28.3. The summed E-state index contributed by atoms with van der Waals surface area (Å²) in [7, 11) is 1.29. The lowest BCUT2D eigenvalue weighted by atomic mass is 9.98. The van der Waals surface area contributed by atoms with Crippen LogP contribution in [0, 0.1) is 0 Å². The Hall–Kier alpha value is -4.65. The van der Waals surface area contributed by atoms with Crippen molar-refractivity contribution in [3.8, 4) is 0 Å². The Bertz CT molecular complexity index is 1250. The summed E-state index contributed by atoms with van der Waals surface area (Å²) in [6.07, 6.45) is -9.53. The second-order valence-corrected chi connectivity index (χ2v) is 8.58. The minimum Gasteiger partial charge on any atom is -0.446 e. The van der Waals surface area contributed by atoms with Gasteiger partial charge in [-0.05, 0) is 36.4 Å². The molecular formula is C28H29N3O9. The molecule has 4 rings (SSSR count). The highest BCUT2D eigenvalue weighted by molar-refractivity contribution is 5.86. The van der Waals surface area contributed by atoms with Gasteiger partial charge in [0.15, 0.2) is 18.5 Å². The maximum atomic E-state index is 12.7. The number of benzene rings is 3. The number of rotatable bonds is 8. The van der Waals surface area contributed by atoms with Crippen molar-refractivity contribution in [1.82, 2.24) is 0 Å². The number of hydrogen-bond donors (Lipinski definition) is 4. The van der Waals surface area contributed by atoms with Crippen LogP contribution in [0.5, 0.6) is 0 Å². The molecule has 3 aromatic rings. The van der Waals surface area contributed by atoms with Crippen LogP contribution in [0.3, 0.4) is 0 Å². The second kappa shape index (κ2) is 13.9. The fourth-order valence-corrected chi connectivity index (χ4v) is 3.90. The molecule has 0 radical (unpaired) electrons. The molecule has 0 bridgehead atoms.